The topological polar surface area (TPSA) is 91.3 Å². The molecule has 2 atom stereocenters. The average molecular weight is 309 g/mol. The Kier molecular flexibility index (Phi) is 5.44. The van der Waals surface area contributed by atoms with Crippen molar-refractivity contribution in [3.05, 3.63) is 29.6 Å². The van der Waals surface area contributed by atoms with Gasteiger partial charge in [0.15, 0.2) is 0 Å². The lowest BCUT2D eigenvalue weighted by Gasteiger charge is -2.13. The Labute approximate surface area is 127 Å². The summed E-state index contributed by atoms with van der Waals surface area (Å²) in [6.45, 7) is 0.331. The van der Waals surface area contributed by atoms with Crippen molar-refractivity contribution in [2.45, 2.75) is 37.1 Å². The zero-order valence-electron chi connectivity index (χ0n) is 11.8. The molecule has 3 N–H and O–H groups in total. The molecule has 0 saturated heterocycles. The molecule has 2 unspecified atom stereocenters. The fourth-order valence-corrected chi connectivity index (χ4v) is 3.16. The van der Waals surface area contributed by atoms with E-state index in [-0.39, 0.29) is 17.8 Å². The van der Waals surface area contributed by atoms with Crippen LogP contribution in [0.4, 0.5) is 4.79 Å². The van der Waals surface area contributed by atoms with Crippen molar-refractivity contribution in [3.8, 4) is 0 Å². The molecule has 1 aliphatic carbocycles. The van der Waals surface area contributed by atoms with E-state index in [4.69, 9.17) is 5.11 Å². The van der Waals surface area contributed by atoms with Crippen LogP contribution >= 0.6 is 11.8 Å². The van der Waals surface area contributed by atoms with Crippen LogP contribution in [0.25, 0.3) is 0 Å². The van der Waals surface area contributed by atoms with E-state index >= 15 is 0 Å². The summed E-state index contributed by atoms with van der Waals surface area (Å²) in [7, 11) is 0. The second kappa shape index (κ2) is 7.31. The van der Waals surface area contributed by atoms with Gasteiger partial charge in [-0.2, -0.15) is 11.8 Å². The smallest absolute Gasteiger partial charge is 0.354 e. The fourth-order valence-electron chi connectivity index (χ4n) is 2.36. The largest absolute Gasteiger partial charge is 0.477 e. The van der Waals surface area contributed by atoms with Gasteiger partial charge in [0, 0.05) is 24.0 Å². The van der Waals surface area contributed by atoms with Gasteiger partial charge in [-0.1, -0.05) is 6.07 Å². The molecule has 1 fully saturated rings. The molecule has 1 aliphatic rings. The molecule has 6 nitrogen and oxygen atoms in total. The molecule has 1 aromatic heterocycles. The number of rotatable bonds is 5. The molecule has 1 aromatic rings. The van der Waals surface area contributed by atoms with Gasteiger partial charge < -0.3 is 15.7 Å². The standard InChI is InChI=1S/C14H19N3O3S/c1-21-11-4-3-10(6-11)17-14(20)16-8-9-2-5-12(13(18)19)15-7-9/h2,5,7,10-11H,3-4,6,8H2,1H3,(H,18,19)(H2,16,17,20). The maximum atomic E-state index is 11.8. The zero-order valence-corrected chi connectivity index (χ0v) is 12.7. The lowest BCUT2D eigenvalue weighted by molar-refractivity contribution is 0.0690. The van der Waals surface area contributed by atoms with E-state index in [2.05, 4.69) is 21.9 Å². The van der Waals surface area contributed by atoms with Crippen LogP contribution in [0.3, 0.4) is 0 Å². The van der Waals surface area contributed by atoms with Gasteiger partial charge in [0.1, 0.15) is 5.69 Å². The normalized spacial score (nSPS) is 21.0. The highest BCUT2D eigenvalue weighted by molar-refractivity contribution is 7.99. The monoisotopic (exact) mass is 309 g/mol. The van der Waals surface area contributed by atoms with Crippen molar-refractivity contribution in [2.75, 3.05) is 6.26 Å². The van der Waals surface area contributed by atoms with E-state index in [0.717, 1.165) is 24.8 Å². The summed E-state index contributed by atoms with van der Waals surface area (Å²) in [5.74, 6) is -1.06. The highest BCUT2D eigenvalue weighted by Gasteiger charge is 2.24. The minimum atomic E-state index is -1.06. The summed E-state index contributed by atoms with van der Waals surface area (Å²) in [6, 6.07) is 3.13. The van der Waals surface area contributed by atoms with E-state index in [9.17, 15) is 9.59 Å². The molecule has 0 aliphatic heterocycles. The number of thioether (sulfide) groups is 1. The van der Waals surface area contributed by atoms with Crippen molar-refractivity contribution >= 4 is 23.8 Å². The van der Waals surface area contributed by atoms with Crippen LogP contribution in [0, 0.1) is 0 Å². The number of pyridine rings is 1. The van der Waals surface area contributed by atoms with Crippen molar-refractivity contribution in [1.82, 2.24) is 15.6 Å². The Bertz CT molecular complexity index is 507. The van der Waals surface area contributed by atoms with E-state index < -0.39 is 5.97 Å². The Morgan fingerprint density at radius 3 is 2.81 bits per heavy atom. The number of aromatic nitrogens is 1. The molecule has 2 rings (SSSR count). The molecule has 114 valence electrons. The summed E-state index contributed by atoms with van der Waals surface area (Å²) in [4.78, 5) is 26.3. The van der Waals surface area contributed by atoms with Gasteiger partial charge in [0.2, 0.25) is 0 Å². The summed E-state index contributed by atoms with van der Waals surface area (Å²) >= 11 is 1.85. The number of carboxylic acids is 1. The van der Waals surface area contributed by atoms with Gasteiger partial charge in [-0.3, -0.25) is 0 Å². The van der Waals surface area contributed by atoms with Gasteiger partial charge in [0.25, 0.3) is 0 Å². The Morgan fingerprint density at radius 1 is 1.43 bits per heavy atom. The second-order valence-corrected chi connectivity index (χ2v) is 6.19. The number of hydrogen-bond acceptors (Lipinski definition) is 4. The van der Waals surface area contributed by atoms with E-state index in [1.807, 2.05) is 11.8 Å². The molecular formula is C14H19N3O3S. The van der Waals surface area contributed by atoms with Crippen LogP contribution in [0.5, 0.6) is 0 Å². The first-order chi connectivity index (χ1) is 10.1. The molecule has 1 heterocycles. The molecule has 0 radical (unpaired) electrons. The second-order valence-electron chi connectivity index (χ2n) is 5.05. The van der Waals surface area contributed by atoms with Crippen LogP contribution < -0.4 is 10.6 Å². The maximum absolute atomic E-state index is 11.8. The fraction of sp³-hybridized carbons (Fsp3) is 0.500. The number of amides is 2. The average Bonchev–Trinajstić information content (AvgIpc) is 2.93. The minimum absolute atomic E-state index is 0.00253. The lowest BCUT2D eigenvalue weighted by atomic mass is 10.2. The first-order valence-electron chi connectivity index (χ1n) is 6.84. The molecule has 7 heteroatoms. The van der Waals surface area contributed by atoms with E-state index in [1.54, 1.807) is 6.07 Å². The summed E-state index contributed by atoms with van der Waals surface area (Å²) < 4.78 is 0. The van der Waals surface area contributed by atoms with Gasteiger partial charge in [-0.05, 0) is 37.1 Å². The number of carbonyl (C=O) groups is 2. The molecule has 0 aromatic carbocycles. The minimum Gasteiger partial charge on any atom is -0.477 e. The number of urea groups is 1. The summed E-state index contributed by atoms with van der Waals surface area (Å²) in [5, 5.41) is 15.1. The molecule has 21 heavy (non-hydrogen) atoms. The van der Waals surface area contributed by atoms with Gasteiger partial charge in [-0.15, -0.1) is 0 Å². The van der Waals surface area contributed by atoms with Gasteiger partial charge >= 0.3 is 12.0 Å². The first kappa shape index (κ1) is 15.6. The van der Waals surface area contributed by atoms with Crippen molar-refractivity contribution < 1.29 is 14.7 Å². The van der Waals surface area contributed by atoms with Gasteiger partial charge in [0.05, 0.1) is 0 Å². The highest BCUT2D eigenvalue weighted by atomic mass is 32.2. The Hall–Kier alpha value is -1.76. The number of hydrogen-bond donors (Lipinski definition) is 3. The third-order valence-corrected chi connectivity index (χ3v) is 4.64. The summed E-state index contributed by atoms with van der Waals surface area (Å²) in [5.41, 5.74) is 0.765. The molecule has 2 amide bonds. The van der Waals surface area contributed by atoms with Crippen LogP contribution in [0.1, 0.15) is 35.3 Å². The Morgan fingerprint density at radius 2 is 2.24 bits per heavy atom. The number of carboxylic acid groups (broad SMARTS) is 1. The maximum Gasteiger partial charge on any atom is 0.354 e. The van der Waals surface area contributed by atoms with Gasteiger partial charge in [-0.25, -0.2) is 14.6 Å². The quantitative estimate of drug-likeness (QED) is 0.772. The number of carbonyl (C=O) groups excluding carboxylic acids is 1. The number of nitrogens with one attached hydrogen (secondary N) is 2. The molecule has 0 spiro atoms. The number of nitrogens with zero attached hydrogens (tertiary/aromatic N) is 1. The van der Waals surface area contributed by atoms with Crippen molar-refractivity contribution in [3.63, 3.8) is 0 Å². The zero-order chi connectivity index (χ0) is 15.2. The highest BCUT2D eigenvalue weighted by Crippen LogP contribution is 2.27. The van der Waals surface area contributed by atoms with Crippen LogP contribution in [0.2, 0.25) is 0 Å². The summed E-state index contributed by atoms with van der Waals surface area (Å²) in [6.07, 6.45) is 6.74. The third-order valence-electron chi connectivity index (χ3n) is 3.55. The van der Waals surface area contributed by atoms with Crippen LogP contribution in [-0.2, 0) is 6.54 Å². The van der Waals surface area contributed by atoms with Crippen molar-refractivity contribution in [1.29, 1.82) is 0 Å². The molecular weight excluding hydrogens is 290 g/mol. The molecule has 1 saturated carbocycles. The third kappa shape index (κ3) is 4.63. The Balaban J connectivity index is 1.75. The van der Waals surface area contributed by atoms with Crippen molar-refractivity contribution in [2.24, 2.45) is 0 Å². The predicted octanol–water partition coefficient (Wildman–Crippen LogP) is 1.86. The lowest BCUT2D eigenvalue weighted by Crippen LogP contribution is -2.40. The van der Waals surface area contributed by atoms with Crippen LogP contribution in [0.15, 0.2) is 18.3 Å². The predicted molar refractivity (Wildman–Crippen MR) is 81.5 cm³/mol. The number of aromatic carboxylic acids is 1. The van der Waals surface area contributed by atoms with E-state index in [1.165, 1.54) is 12.3 Å². The molecule has 0 bridgehead atoms. The SMILES string of the molecule is CSC1CCC(NC(=O)NCc2ccc(C(=O)O)nc2)C1. The van der Waals surface area contributed by atoms with E-state index in [0.29, 0.717) is 11.8 Å². The first-order valence-corrected chi connectivity index (χ1v) is 8.12. The van der Waals surface area contributed by atoms with Crippen LogP contribution in [-0.4, -0.2) is 39.6 Å².